The zero-order valence-corrected chi connectivity index (χ0v) is 17.4. The molecule has 5 nitrogen and oxygen atoms in total. The molecule has 1 saturated heterocycles. The minimum atomic E-state index is -0.300. The first-order valence-electron chi connectivity index (χ1n) is 10.2. The zero-order valence-electron chi connectivity index (χ0n) is 17.4. The lowest BCUT2D eigenvalue weighted by Crippen LogP contribution is -2.34. The Bertz CT molecular complexity index is 789. The van der Waals surface area contributed by atoms with Crippen molar-refractivity contribution in [3.8, 4) is 0 Å². The van der Waals surface area contributed by atoms with Gasteiger partial charge in [0.05, 0.1) is 6.10 Å². The Labute approximate surface area is 168 Å². The summed E-state index contributed by atoms with van der Waals surface area (Å²) in [6.45, 7) is 8.58. The fourth-order valence-corrected chi connectivity index (χ4v) is 3.68. The molecule has 5 heteroatoms. The van der Waals surface area contributed by atoms with Crippen LogP contribution in [0.25, 0.3) is 0 Å². The van der Waals surface area contributed by atoms with Gasteiger partial charge in [-0.2, -0.15) is 0 Å². The van der Waals surface area contributed by atoms with Crippen LogP contribution in [0.1, 0.15) is 48.7 Å². The molecule has 1 atom stereocenters. The molecule has 0 bridgehead atoms. The normalized spacial score (nSPS) is 16.8. The smallest absolute Gasteiger partial charge is 0.342 e. The number of rotatable bonds is 7. The number of hydrogen-bond acceptors (Lipinski definition) is 5. The van der Waals surface area contributed by atoms with Crippen molar-refractivity contribution in [2.75, 3.05) is 25.0 Å². The summed E-state index contributed by atoms with van der Waals surface area (Å²) in [7, 11) is 2.17. The minimum absolute atomic E-state index is 0.142. The van der Waals surface area contributed by atoms with Gasteiger partial charge in [0.1, 0.15) is 11.4 Å². The molecule has 150 valence electrons. The second-order valence-corrected chi connectivity index (χ2v) is 7.80. The number of anilines is 1. The lowest BCUT2D eigenvalue weighted by Gasteiger charge is -2.25. The van der Waals surface area contributed by atoms with Gasteiger partial charge in [-0.1, -0.05) is 31.2 Å². The molecule has 1 unspecified atom stereocenters. The highest BCUT2D eigenvalue weighted by Crippen LogP contribution is 2.25. The number of benzene rings is 1. The number of hydrogen-bond donors (Lipinski definition) is 0. The van der Waals surface area contributed by atoms with Crippen LogP contribution in [0.15, 0.2) is 42.6 Å². The number of ether oxygens (including phenoxy) is 1. The molecule has 1 aliphatic rings. The molecule has 0 spiro atoms. The van der Waals surface area contributed by atoms with Crippen LogP contribution in [-0.4, -0.2) is 48.1 Å². The van der Waals surface area contributed by atoms with Crippen molar-refractivity contribution < 1.29 is 9.53 Å². The lowest BCUT2D eigenvalue weighted by molar-refractivity contribution is 0.0378. The summed E-state index contributed by atoms with van der Waals surface area (Å²) in [5.74, 6) is 0.433. The predicted molar refractivity (Wildman–Crippen MR) is 113 cm³/mol. The third-order valence-electron chi connectivity index (χ3n) is 5.30. The summed E-state index contributed by atoms with van der Waals surface area (Å²) >= 11 is 0. The van der Waals surface area contributed by atoms with E-state index >= 15 is 0 Å². The quantitative estimate of drug-likeness (QED) is 0.680. The highest BCUT2D eigenvalue weighted by Gasteiger charge is 2.29. The number of aryl methyl sites for hydroxylation is 1. The molecule has 3 rings (SSSR count). The zero-order chi connectivity index (χ0) is 20.1. The molecule has 28 heavy (non-hydrogen) atoms. The summed E-state index contributed by atoms with van der Waals surface area (Å²) in [5.41, 5.74) is 3.25. The fraction of sp³-hybridized carbons (Fsp3) is 0.478. The number of nitrogens with zero attached hydrogens (tertiary/aromatic N) is 3. The Morgan fingerprint density at radius 2 is 1.96 bits per heavy atom. The van der Waals surface area contributed by atoms with Crippen LogP contribution in [0, 0.1) is 0 Å². The van der Waals surface area contributed by atoms with Gasteiger partial charge in [-0.25, -0.2) is 9.78 Å². The second kappa shape index (κ2) is 9.20. The number of pyridine rings is 1. The first-order chi connectivity index (χ1) is 13.5. The van der Waals surface area contributed by atoms with Crippen LogP contribution >= 0.6 is 0 Å². The highest BCUT2D eigenvalue weighted by atomic mass is 16.5. The SMILES string of the molecule is CCc1ccc(CN(C)C2CCN(c3ncccc3C(=O)OC(C)C)C2)cc1. The van der Waals surface area contributed by atoms with Crippen LogP contribution in [0.2, 0.25) is 0 Å². The Hall–Kier alpha value is -2.40. The van der Waals surface area contributed by atoms with Crippen LogP contribution in [0.3, 0.4) is 0 Å². The number of carbonyl (C=O) groups excluding carboxylic acids is 1. The van der Waals surface area contributed by atoms with Gasteiger partial charge >= 0.3 is 5.97 Å². The maximum absolute atomic E-state index is 12.4. The first kappa shape index (κ1) is 20.3. The largest absolute Gasteiger partial charge is 0.459 e. The van der Waals surface area contributed by atoms with Crippen molar-refractivity contribution in [3.05, 3.63) is 59.3 Å². The molecular weight excluding hydrogens is 350 g/mol. The van der Waals surface area contributed by atoms with Crippen molar-refractivity contribution >= 4 is 11.8 Å². The lowest BCUT2D eigenvalue weighted by atomic mass is 10.1. The van der Waals surface area contributed by atoms with Crippen LogP contribution in [0.5, 0.6) is 0 Å². The Kier molecular flexibility index (Phi) is 6.68. The van der Waals surface area contributed by atoms with E-state index in [4.69, 9.17) is 4.74 Å². The van der Waals surface area contributed by atoms with Gasteiger partial charge < -0.3 is 9.64 Å². The van der Waals surface area contributed by atoms with Crippen molar-refractivity contribution in [2.24, 2.45) is 0 Å². The summed E-state index contributed by atoms with van der Waals surface area (Å²) in [4.78, 5) is 21.5. The van der Waals surface area contributed by atoms with E-state index < -0.39 is 0 Å². The van der Waals surface area contributed by atoms with E-state index in [0.717, 1.165) is 38.3 Å². The summed E-state index contributed by atoms with van der Waals surface area (Å²) in [5, 5.41) is 0. The van der Waals surface area contributed by atoms with Gasteiger partial charge in [0, 0.05) is 31.9 Å². The van der Waals surface area contributed by atoms with Crippen LogP contribution in [0.4, 0.5) is 5.82 Å². The van der Waals surface area contributed by atoms with Gasteiger partial charge in [-0.15, -0.1) is 0 Å². The van der Waals surface area contributed by atoms with E-state index in [1.807, 2.05) is 13.8 Å². The Balaban J connectivity index is 1.65. The van der Waals surface area contributed by atoms with Crippen molar-refractivity contribution in [1.82, 2.24) is 9.88 Å². The van der Waals surface area contributed by atoms with Crippen molar-refractivity contribution in [2.45, 2.75) is 52.3 Å². The number of aromatic nitrogens is 1. The van der Waals surface area contributed by atoms with Crippen molar-refractivity contribution in [3.63, 3.8) is 0 Å². The van der Waals surface area contributed by atoms with E-state index in [1.165, 1.54) is 11.1 Å². The fourth-order valence-electron chi connectivity index (χ4n) is 3.68. The molecule has 2 aromatic rings. The minimum Gasteiger partial charge on any atom is -0.459 e. The van der Waals surface area contributed by atoms with Gasteiger partial charge in [-0.05, 0) is 57.0 Å². The van der Waals surface area contributed by atoms with Gasteiger partial charge in [0.15, 0.2) is 0 Å². The van der Waals surface area contributed by atoms with Gasteiger partial charge in [-0.3, -0.25) is 4.90 Å². The molecule has 0 amide bonds. The maximum atomic E-state index is 12.4. The topological polar surface area (TPSA) is 45.7 Å². The van der Waals surface area contributed by atoms with Gasteiger partial charge in [0.2, 0.25) is 0 Å². The standard InChI is InChI=1S/C23H31N3O2/c1-5-18-8-10-19(11-9-18)15-25(4)20-12-14-26(16-20)22-21(7-6-13-24-22)23(27)28-17(2)3/h6-11,13,17,20H,5,12,14-16H2,1-4H3. The van der Waals surface area contributed by atoms with E-state index in [2.05, 4.69) is 53.0 Å². The first-order valence-corrected chi connectivity index (χ1v) is 10.2. The molecule has 1 aromatic carbocycles. The Morgan fingerprint density at radius 3 is 2.64 bits per heavy atom. The molecule has 0 radical (unpaired) electrons. The summed E-state index contributed by atoms with van der Waals surface area (Å²) < 4.78 is 5.39. The van der Waals surface area contributed by atoms with E-state index in [0.29, 0.717) is 11.6 Å². The molecule has 0 saturated carbocycles. The number of esters is 1. The third-order valence-corrected chi connectivity index (χ3v) is 5.30. The van der Waals surface area contributed by atoms with E-state index in [-0.39, 0.29) is 12.1 Å². The van der Waals surface area contributed by atoms with Crippen LogP contribution in [-0.2, 0) is 17.7 Å². The summed E-state index contributed by atoms with van der Waals surface area (Å²) in [6.07, 6.45) is 3.73. The van der Waals surface area contributed by atoms with E-state index in [1.54, 1.807) is 18.3 Å². The average molecular weight is 382 g/mol. The maximum Gasteiger partial charge on any atom is 0.342 e. The highest BCUT2D eigenvalue weighted by molar-refractivity contribution is 5.94. The monoisotopic (exact) mass is 381 g/mol. The second-order valence-electron chi connectivity index (χ2n) is 7.80. The number of likely N-dealkylation sites (N-methyl/N-ethyl adjacent to an activating group) is 1. The third kappa shape index (κ3) is 4.90. The molecular formula is C23H31N3O2. The molecule has 0 aliphatic carbocycles. The predicted octanol–water partition coefficient (Wildman–Crippen LogP) is 3.92. The van der Waals surface area contributed by atoms with Gasteiger partial charge in [0.25, 0.3) is 0 Å². The van der Waals surface area contributed by atoms with Crippen LogP contribution < -0.4 is 4.90 Å². The summed E-state index contributed by atoms with van der Waals surface area (Å²) in [6, 6.07) is 12.9. The molecule has 1 aromatic heterocycles. The Morgan fingerprint density at radius 1 is 1.25 bits per heavy atom. The van der Waals surface area contributed by atoms with E-state index in [9.17, 15) is 4.79 Å². The number of carbonyl (C=O) groups is 1. The average Bonchev–Trinajstić information content (AvgIpc) is 3.18. The molecule has 1 fully saturated rings. The van der Waals surface area contributed by atoms with Crippen molar-refractivity contribution in [1.29, 1.82) is 0 Å². The molecule has 2 heterocycles. The molecule has 0 N–H and O–H groups in total. The molecule has 1 aliphatic heterocycles.